The van der Waals surface area contributed by atoms with Crippen molar-refractivity contribution >= 4 is 5.69 Å². The highest BCUT2D eigenvalue weighted by molar-refractivity contribution is 5.64. The van der Waals surface area contributed by atoms with Gasteiger partial charge in [0.1, 0.15) is 23.8 Å². The first-order chi connectivity index (χ1) is 18.5. The Morgan fingerprint density at radius 3 is 2.64 bits per heavy atom. The van der Waals surface area contributed by atoms with Gasteiger partial charge in [0, 0.05) is 36.3 Å². The lowest BCUT2D eigenvalue weighted by Crippen LogP contribution is -2.36. The molecule has 39 heavy (non-hydrogen) atoms. The smallest absolute Gasteiger partial charge is 0.405 e. The van der Waals surface area contributed by atoms with Crippen molar-refractivity contribution in [3.05, 3.63) is 65.5 Å². The molecule has 0 radical (unpaired) electrons. The van der Waals surface area contributed by atoms with Crippen molar-refractivity contribution in [2.24, 2.45) is 0 Å². The highest BCUT2D eigenvalue weighted by Crippen LogP contribution is 2.44. The summed E-state index contributed by atoms with van der Waals surface area (Å²) in [5, 5.41) is 4.75. The first kappa shape index (κ1) is 25.4. The lowest BCUT2D eigenvalue weighted by Gasteiger charge is -2.25. The van der Waals surface area contributed by atoms with Crippen LogP contribution in [0.3, 0.4) is 0 Å². The third kappa shape index (κ3) is 4.63. The van der Waals surface area contributed by atoms with Crippen molar-refractivity contribution < 1.29 is 17.9 Å². The summed E-state index contributed by atoms with van der Waals surface area (Å²) >= 11 is 0. The fourth-order valence-electron chi connectivity index (χ4n) is 5.84. The van der Waals surface area contributed by atoms with Gasteiger partial charge in [0.2, 0.25) is 5.88 Å². The van der Waals surface area contributed by atoms with Crippen LogP contribution in [0.1, 0.15) is 55.3 Å². The molecule has 11 heteroatoms. The van der Waals surface area contributed by atoms with Crippen LogP contribution in [0.25, 0.3) is 17.2 Å². The molecule has 6 rings (SSSR count). The zero-order valence-electron chi connectivity index (χ0n) is 22.3. The summed E-state index contributed by atoms with van der Waals surface area (Å²) in [4.78, 5) is 15.3. The van der Waals surface area contributed by atoms with E-state index in [1.165, 1.54) is 4.90 Å². The molecule has 8 nitrogen and oxygen atoms in total. The Balaban J connectivity index is 1.35. The molecule has 4 aromatic rings. The number of ether oxygens (including phenoxy) is 1. The van der Waals surface area contributed by atoms with Crippen molar-refractivity contribution in [2.45, 2.75) is 57.7 Å². The Morgan fingerprint density at radius 1 is 1.10 bits per heavy atom. The van der Waals surface area contributed by atoms with Crippen LogP contribution in [0.5, 0.6) is 5.88 Å². The number of pyridine rings is 1. The van der Waals surface area contributed by atoms with Gasteiger partial charge >= 0.3 is 6.18 Å². The number of alkyl halides is 3. The van der Waals surface area contributed by atoms with E-state index >= 15 is 0 Å². The molecule has 0 aliphatic carbocycles. The monoisotopic (exact) mass is 537 g/mol. The molecule has 1 aromatic carbocycles. The Labute approximate surface area is 224 Å². The van der Waals surface area contributed by atoms with E-state index in [9.17, 15) is 13.2 Å². The third-order valence-corrected chi connectivity index (χ3v) is 7.58. The summed E-state index contributed by atoms with van der Waals surface area (Å²) < 4.78 is 49.4. The number of hydrogen-bond donors (Lipinski definition) is 0. The standard InChI is InChI=1S/C28H30F3N7O/c1-17-13-36(16-32-17)22-10-9-21(33-26(22)39-4)24-34-25-19(6-5-11-38(25)35-24)18-7-8-20-23(12-18)37(14-27(20,2)3)15-28(29,30)31/h7-10,12-13,16,19H,5-6,11,14-15H2,1-4H3/t19-/m1/s1. The Hall–Kier alpha value is -3.89. The minimum absolute atomic E-state index is 0.0724. The van der Waals surface area contributed by atoms with Crippen molar-refractivity contribution in [2.75, 3.05) is 25.1 Å². The van der Waals surface area contributed by atoms with Crippen LogP contribution in [-0.4, -0.2) is 55.7 Å². The number of fused-ring (bicyclic) bond motifs is 2. The molecule has 204 valence electrons. The van der Waals surface area contributed by atoms with E-state index in [0.29, 0.717) is 29.6 Å². The zero-order valence-corrected chi connectivity index (χ0v) is 22.3. The van der Waals surface area contributed by atoms with Gasteiger partial charge in [0.25, 0.3) is 0 Å². The summed E-state index contributed by atoms with van der Waals surface area (Å²) in [5.41, 5.74) is 4.42. The van der Waals surface area contributed by atoms with Crippen molar-refractivity contribution in [3.8, 4) is 23.1 Å². The number of aryl methyl sites for hydroxylation is 2. The number of nitrogens with zero attached hydrogens (tertiary/aromatic N) is 7. The lowest BCUT2D eigenvalue weighted by molar-refractivity contribution is -0.119. The number of hydrogen-bond acceptors (Lipinski definition) is 6. The molecule has 0 fully saturated rings. The van der Waals surface area contributed by atoms with Crippen LogP contribution in [0.2, 0.25) is 0 Å². The van der Waals surface area contributed by atoms with Gasteiger partial charge in [-0.1, -0.05) is 26.0 Å². The van der Waals surface area contributed by atoms with E-state index in [2.05, 4.69) is 9.97 Å². The third-order valence-electron chi connectivity index (χ3n) is 7.58. The number of anilines is 1. The summed E-state index contributed by atoms with van der Waals surface area (Å²) in [6, 6.07) is 9.71. The Kier molecular flexibility index (Phi) is 5.92. The van der Waals surface area contributed by atoms with Gasteiger partial charge in [-0.15, -0.1) is 5.10 Å². The van der Waals surface area contributed by atoms with Gasteiger partial charge in [-0.3, -0.25) is 0 Å². The molecule has 3 aromatic heterocycles. The fourth-order valence-corrected chi connectivity index (χ4v) is 5.84. The van der Waals surface area contributed by atoms with Gasteiger partial charge in [-0.25, -0.2) is 19.6 Å². The number of aromatic nitrogens is 6. The van der Waals surface area contributed by atoms with Crippen molar-refractivity contribution in [3.63, 3.8) is 0 Å². The molecule has 2 aliphatic heterocycles. The number of benzene rings is 1. The second-order valence-corrected chi connectivity index (χ2v) is 11.0. The molecular weight excluding hydrogens is 507 g/mol. The summed E-state index contributed by atoms with van der Waals surface area (Å²) in [7, 11) is 1.57. The molecule has 0 bridgehead atoms. The second kappa shape index (κ2) is 9.10. The van der Waals surface area contributed by atoms with E-state index in [-0.39, 0.29) is 11.3 Å². The highest BCUT2D eigenvalue weighted by Gasteiger charge is 2.41. The molecule has 0 N–H and O–H groups in total. The van der Waals surface area contributed by atoms with E-state index in [1.54, 1.807) is 13.4 Å². The highest BCUT2D eigenvalue weighted by atomic mass is 19.4. The molecule has 0 unspecified atom stereocenters. The fraction of sp³-hybridized carbons (Fsp3) is 0.429. The van der Waals surface area contributed by atoms with Crippen LogP contribution in [0.4, 0.5) is 18.9 Å². The van der Waals surface area contributed by atoms with Crippen LogP contribution >= 0.6 is 0 Å². The molecule has 0 amide bonds. The van der Waals surface area contributed by atoms with Gasteiger partial charge < -0.3 is 14.2 Å². The molecule has 0 spiro atoms. The number of halogens is 3. The van der Waals surface area contributed by atoms with Crippen LogP contribution in [-0.2, 0) is 12.0 Å². The maximum Gasteiger partial charge on any atom is 0.405 e. The average Bonchev–Trinajstić information content (AvgIpc) is 3.58. The Bertz CT molecular complexity index is 1540. The molecule has 0 saturated heterocycles. The predicted molar refractivity (Wildman–Crippen MR) is 140 cm³/mol. The predicted octanol–water partition coefficient (Wildman–Crippen LogP) is 5.43. The molecule has 5 heterocycles. The first-order valence-electron chi connectivity index (χ1n) is 13.0. The minimum atomic E-state index is -4.27. The quantitative estimate of drug-likeness (QED) is 0.338. The largest absolute Gasteiger partial charge is 0.479 e. The normalized spacial score (nSPS) is 18.2. The lowest BCUT2D eigenvalue weighted by atomic mass is 9.84. The van der Waals surface area contributed by atoms with Crippen LogP contribution in [0, 0.1) is 6.92 Å². The van der Waals surface area contributed by atoms with Crippen LogP contribution in [0.15, 0.2) is 42.9 Å². The van der Waals surface area contributed by atoms with Gasteiger partial charge in [0.05, 0.1) is 19.1 Å². The SMILES string of the molecule is COc1nc(-c2nc3n(n2)CCC[C@@H]3c2ccc3c(c2)N(CC(F)(F)F)CC3(C)C)ccc1-n1cnc(C)c1. The maximum absolute atomic E-state index is 13.4. The van der Waals surface area contributed by atoms with Gasteiger partial charge in [-0.2, -0.15) is 13.2 Å². The van der Waals surface area contributed by atoms with E-state index in [4.69, 9.17) is 14.8 Å². The summed E-state index contributed by atoms with van der Waals surface area (Å²) in [6.07, 6.45) is 1.07. The molecule has 2 aliphatic rings. The number of rotatable bonds is 5. The van der Waals surface area contributed by atoms with Gasteiger partial charge in [-0.05, 0) is 49.1 Å². The summed E-state index contributed by atoms with van der Waals surface area (Å²) in [5.74, 6) is 1.65. The van der Waals surface area contributed by atoms with Crippen molar-refractivity contribution in [1.82, 2.24) is 29.3 Å². The topological polar surface area (TPSA) is 73.9 Å². The minimum Gasteiger partial charge on any atom is -0.479 e. The molecule has 1 atom stereocenters. The van der Waals surface area contributed by atoms with E-state index < -0.39 is 12.7 Å². The maximum atomic E-state index is 13.4. The van der Waals surface area contributed by atoms with Gasteiger partial charge in [0.15, 0.2) is 5.82 Å². The number of methoxy groups -OCH3 is 1. The number of imidazole rings is 1. The first-order valence-corrected chi connectivity index (χ1v) is 13.0. The molecule has 0 saturated carbocycles. The second-order valence-electron chi connectivity index (χ2n) is 11.0. The van der Waals surface area contributed by atoms with Crippen LogP contribution < -0.4 is 9.64 Å². The van der Waals surface area contributed by atoms with Crippen molar-refractivity contribution in [1.29, 1.82) is 0 Å². The zero-order chi connectivity index (χ0) is 27.5. The summed E-state index contributed by atoms with van der Waals surface area (Å²) in [6.45, 7) is 5.99. The Morgan fingerprint density at radius 2 is 1.92 bits per heavy atom. The van der Waals surface area contributed by atoms with E-state index in [0.717, 1.165) is 47.7 Å². The van der Waals surface area contributed by atoms with E-state index in [1.807, 2.05) is 66.5 Å². The molecular formula is C28H30F3N7O. The average molecular weight is 538 g/mol.